The van der Waals surface area contributed by atoms with Crippen molar-refractivity contribution >= 4 is 6.09 Å². The summed E-state index contributed by atoms with van der Waals surface area (Å²) in [6, 6.07) is 0.208. The first kappa shape index (κ1) is 15.1. The number of halogens is 3. The number of hydrogen-bond donors (Lipinski definition) is 1. The second-order valence-corrected chi connectivity index (χ2v) is 5.61. The highest BCUT2D eigenvalue weighted by Crippen LogP contribution is 2.42. The van der Waals surface area contributed by atoms with Crippen molar-refractivity contribution in [1.29, 1.82) is 0 Å². The molecule has 0 aliphatic carbocycles. The maximum atomic E-state index is 14.2. The molecule has 0 radical (unpaired) electrons. The maximum absolute atomic E-state index is 14.2. The van der Waals surface area contributed by atoms with E-state index in [-0.39, 0.29) is 24.1 Å². The molecule has 0 aromatic heterocycles. The minimum Gasteiger partial charge on any atom is -0.450 e. The number of fused-ring (bicyclic) bond motifs is 1. The predicted octanol–water partition coefficient (Wildman–Crippen LogP) is 2.60. The normalized spacial score (nSPS) is 27.1. The van der Waals surface area contributed by atoms with Gasteiger partial charge in [-0.15, -0.1) is 0 Å². The molecule has 1 aromatic carbocycles. The maximum Gasteiger partial charge on any atom is 0.410 e. The lowest BCUT2D eigenvalue weighted by Gasteiger charge is -2.28. The van der Waals surface area contributed by atoms with Gasteiger partial charge in [-0.3, -0.25) is 4.90 Å². The molecule has 7 heteroatoms. The monoisotopic (exact) mass is 314 g/mol. The lowest BCUT2D eigenvalue weighted by molar-refractivity contribution is 0.0978. The van der Waals surface area contributed by atoms with Gasteiger partial charge in [0.2, 0.25) is 0 Å². The van der Waals surface area contributed by atoms with Crippen LogP contribution in [0.5, 0.6) is 0 Å². The number of benzene rings is 1. The van der Waals surface area contributed by atoms with E-state index >= 15 is 0 Å². The number of ether oxygens (including phenoxy) is 1. The Balaban J connectivity index is 2.02. The molecule has 120 valence electrons. The Bertz CT molecular complexity index is 573. The molecule has 3 atom stereocenters. The summed E-state index contributed by atoms with van der Waals surface area (Å²) in [4.78, 5) is 13.4. The van der Waals surface area contributed by atoms with Crippen molar-refractivity contribution in [2.75, 3.05) is 19.7 Å². The molecule has 0 bridgehead atoms. The van der Waals surface area contributed by atoms with Crippen molar-refractivity contribution < 1.29 is 22.7 Å². The van der Waals surface area contributed by atoms with E-state index in [9.17, 15) is 18.0 Å². The summed E-state index contributed by atoms with van der Waals surface area (Å²) in [5.41, 5.74) is -0.281. The average Bonchev–Trinajstić information content (AvgIpc) is 3.00. The van der Waals surface area contributed by atoms with Crippen LogP contribution in [0.1, 0.15) is 24.9 Å². The molecule has 2 heterocycles. The number of carbonyl (C=O) groups is 1. The Morgan fingerprint density at radius 3 is 2.68 bits per heavy atom. The smallest absolute Gasteiger partial charge is 0.410 e. The summed E-state index contributed by atoms with van der Waals surface area (Å²) in [5.74, 6) is -2.83. The quantitative estimate of drug-likeness (QED) is 0.912. The summed E-state index contributed by atoms with van der Waals surface area (Å²) >= 11 is 0. The molecule has 4 nitrogen and oxygen atoms in total. The second kappa shape index (κ2) is 5.79. The number of rotatable bonds is 2. The summed E-state index contributed by atoms with van der Waals surface area (Å²) in [6.07, 6.45) is 0.216. The van der Waals surface area contributed by atoms with Crippen LogP contribution < -0.4 is 5.32 Å². The molecule has 3 unspecified atom stereocenters. The third-order valence-corrected chi connectivity index (χ3v) is 4.35. The first-order valence-corrected chi connectivity index (χ1v) is 7.34. The molecule has 2 aliphatic heterocycles. The van der Waals surface area contributed by atoms with Crippen LogP contribution in [-0.2, 0) is 4.74 Å². The molecular formula is C15H17F3N2O2. The Kier molecular flexibility index (Phi) is 3.99. The van der Waals surface area contributed by atoms with Crippen molar-refractivity contribution in [2.45, 2.75) is 25.4 Å². The average molecular weight is 314 g/mol. The topological polar surface area (TPSA) is 41.6 Å². The summed E-state index contributed by atoms with van der Waals surface area (Å²) in [7, 11) is 0. The Labute approximate surface area is 126 Å². The van der Waals surface area contributed by atoms with Gasteiger partial charge in [0.15, 0.2) is 0 Å². The van der Waals surface area contributed by atoms with E-state index in [2.05, 4.69) is 5.32 Å². The molecule has 1 amide bonds. The van der Waals surface area contributed by atoms with E-state index in [1.165, 1.54) is 4.90 Å². The number of carbonyl (C=O) groups excluding carboxylic acids is 1. The molecule has 2 fully saturated rings. The van der Waals surface area contributed by atoms with E-state index in [1.54, 1.807) is 6.92 Å². The summed E-state index contributed by atoms with van der Waals surface area (Å²) in [6.45, 7) is 2.95. The molecule has 3 rings (SSSR count). The molecule has 2 saturated heterocycles. The van der Waals surface area contributed by atoms with Crippen molar-refractivity contribution in [2.24, 2.45) is 5.92 Å². The van der Waals surface area contributed by atoms with Crippen molar-refractivity contribution in [3.8, 4) is 0 Å². The van der Waals surface area contributed by atoms with E-state index in [1.807, 2.05) is 0 Å². The Hall–Kier alpha value is -1.76. The predicted molar refractivity (Wildman–Crippen MR) is 72.7 cm³/mol. The van der Waals surface area contributed by atoms with Gasteiger partial charge in [-0.05, 0) is 25.8 Å². The molecule has 0 saturated carbocycles. The molecule has 2 aliphatic rings. The van der Waals surface area contributed by atoms with Gasteiger partial charge in [-0.2, -0.15) is 0 Å². The van der Waals surface area contributed by atoms with Crippen LogP contribution in [0.2, 0.25) is 0 Å². The van der Waals surface area contributed by atoms with Gasteiger partial charge in [0.1, 0.15) is 17.5 Å². The fourth-order valence-electron chi connectivity index (χ4n) is 3.48. The van der Waals surface area contributed by atoms with Crippen LogP contribution in [-0.4, -0.2) is 36.7 Å². The van der Waals surface area contributed by atoms with E-state index in [0.29, 0.717) is 18.7 Å². The number of amides is 1. The second-order valence-electron chi connectivity index (χ2n) is 5.61. The standard InChI is InChI=1S/C15H17F3N2O2/c1-2-22-15(21)20-7-8-3-4-19-13(8)14(20)12-10(17)5-9(16)6-11(12)18/h5-6,8,13-14,19H,2-4,7H2,1H3. The SMILES string of the molecule is CCOC(=O)N1CC2CCNC2C1c1c(F)cc(F)cc1F. The number of hydrogen-bond acceptors (Lipinski definition) is 3. The third-order valence-electron chi connectivity index (χ3n) is 4.35. The van der Waals surface area contributed by atoms with Gasteiger partial charge in [-0.25, -0.2) is 18.0 Å². The fourth-order valence-corrected chi connectivity index (χ4v) is 3.48. The lowest BCUT2D eigenvalue weighted by Crippen LogP contribution is -2.39. The highest BCUT2D eigenvalue weighted by molar-refractivity contribution is 5.69. The zero-order valence-electron chi connectivity index (χ0n) is 12.1. The van der Waals surface area contributed by atoms with Gasteiger partial charge in [0.05, 0.1) is 12.6 Å². The minimum atomic E-state index is -0.980. The van der Waals surface area contributed by atoms with Gasteiger partial charge in [-0.1, -0.05) is 0 Å². The highest BCUT2D eigenvalue weighted by atomic mass is 19.1. The zero-order valence-corrected chi connectivity index (χ0v) is 12.1. The highest BCUT2D eigenvalue weighted by Gasteiger charge is 2.49. The van der Waals surface area contributed by atoms with Crippen molar-refractivity contribution in [3.05, 3.63) is 35.1 Å². The van der Waals surface area contributed by atoms with Gasteiger partial charge < -0.3 is 10.1 Å². The van der Waals surface area contributed by atoms with E-state index in [4.69, 9.17) is 4.74 Å². The molecule has 0 spiro atoms. The molecule has 1 N–H and O–H groups in total. The van der Waals surface area contributed by atoms with Gasteiger partial charge >= 0.3 is 6.09 Å². The van der Waals surface area contributed by atoms with E-state index in [0.717, 1.165) is 13.0 Å². The molecular weight excluding hydrogens is 297 g/mol. The first-order valence-electron chi connectivity index (χ1n) is 7.34. The van der Waals surface area contributed by atoms with Crippen molar-refractivity contribution in [3.63, 3.8) is 0 Å². The molecule has 22 heavy (non-hydrogen) atoms. The first-order chi connectivity index (χ1) is 10.5. The Morgan fingerprint density at radius 2 is 2.05 bits per heavy atom. The number of nitrogens with one attached hydrogen (secondary N) is 1. The number of nitrogens with zero attached hydrogens (tertiary/aromatic N) is 1. The lowest BCUT2D eigenvalue weighted by atomic mass is 9.94. The fraction of sp³-hybridized carbons (Fsp3) is 0.533. The van der Waals surface area contributed by atoms with Crippen LogP contribution in [0, 0.1) is 23.4 Å². The van der Waals surface area contributed by atoms with Crippen LogP contribution in [0.4, 0.5) is 18.0 Å². The summed E-state index contributed by atoms with van der Waals surface area (Å²) in [5, 5.41) is 3.19. The van der Waals surface area contributed by atoms with Crippen LogP contribution in [0.15, 0.2) is 12.1 Å². The Morgan fingerprint density at radius 1 is 1.36 bits per heavy atom. The molecule has 1 aromatic rings. The summed E-state index contributed by atoms with van der Waals surface area (Å²) < 4.78 is 46.4. The van der Waals surface area contributed by atoms with Gasteiger partial charge in [0, 0.05) is 30.3 Å². The van der Waals surface area contributed by atoms with E-state index < -0.39 is 29.6 Å². The largest absolute Gasteiger partial charge is 0.450 e. The van der Waals surface area contributed by atoms with Gasteiger partial charge in [0.25, 0.3) is 0 Å². The van der Waals surface area contributed by atoms with Crippen LogP contribution in [0.25, 0.3) is 0 Å². The van der Waals surface area contributed by atoms with Crippen molar-refractivity contribution in [1.82, 2.24) is 10.2 Å². The zero-order chi connectivity index (χ0) is 15.9. The minimum absolute atomic E-state index is 0.109. The number of likely N-dealkylation sites (tertiary alicyclic amines) is 1. The third kappa shape index (κ3) is 2.43. The van der Waals surface area contributed by atoms with Crippen LogP contribution in [0.3, 0.4) is 0 Å². The van der Waals surface area contributed by atoms with Crippen LogP contribution >= 0.6 is 0 Å².